The number of piperazine rings is 1. The number of unbranched alkanes of at least 4 members (excludes halogenated alkanes) is 1. The molecule has 0 aromatic rings. The lowest BCUT2D eigenvalue weighted by molar-refractivity contribution is -0.236. The largest absolute Gasteiger partial charge is 0.372 e. The third kappa shape index (κ3) is 5.30. The highest BCUT2D eigenvalue weighted by Crippen LogP contribution is 2.41. The monoisotopic (exact) mass is 414 g/mol. The summed E-state index contributed by atoms with van der Waals surface area (Å²) in [7, 11) is 2.19. The number of fused-ring (bicyclic) bond motifs is 1. The van der Waals surface area contributed by atoms with Crippen LogP contribution in [0.2, 0.25) is 0 Å². The van der Waals surface area contributed by atoms with Crippen LogP contribution >= 0.6 is 0 Å². The first-order chi connectivity index (χ1) is 13.7. The lowest BCUT2D eigenvalue weighted by atomic mass is 10.1. The van der Waals surface area contributed by atoms with Crippen LogP contribution in [-0.2, 0) is 28.4 Å². The van der Waals surface area contributed by atoms with Crippen LogP contribution in [0.15, 0.2) is 0 Å². The van der Waals surface area contributed by atoms with Gasteiger partial charge in [0.2, 0.25) is 0 Å². The summed E-state index contributed by atoms with van der Waals surface area (Å²) in [4.78, 5) is 4.93. The van der Waals surface area contributed by atoms with E-state index in [9.17, 15) is 0 Å². The molecule has 4 aliphatic heterocycles. The molecule has 4 fully saturated rings. The summed E-state index contributed by atoms with van der Waals surface area (Å²) < 4.78 is 36.3. The fraction of sp³-hybridized carbons (Fsp3) is 1.00. The predicted octanol–water partition coefficient (Wildman–Crippen LogP) is 1.43. The molecule has 4 rings (SSSR count). The molecular weight excluding hydrogens is 376 g/mol. The van der Waals surface area contributed by atoms with Crippen molar-refractivity contribution >= 4 is 0 Å². The SMILES string of the molecule is CN1CCN(CCCCO[C@@H]2[C@H]3OC(C)(C)O[C@H]3O[C@@H]2[C@H]2COC(C)(C)O2)CC1. The molecule has 168 valence electrons. The van der Waals surface area contributed by atoms with Gasteiger partial charge in [0, 0.05) is 32.8 Å². The molecule has 0 N–H and O–H groups in total. The van der Waals surface area contributed by atoms with Crippen molar-refractivity contribution in [2.24, 2.45) is 0 Å². The maximum absolute atomic E-state index is 6.32. The van der Waals surface area contributed by atoms with Crippen molar-refractivity contribution in [2.45, 2.75) is 82.8 Å². The molecule has 0 aliphatic carbocycles. The minimum absolute atomic E-state index is 0.179. The zero-order chi connectivity index (χ0) is 20.6. The first kappa shape index (κ1) is 21.9. The molecule has 0 amide bonds. The van der Waals surface area contributed by atoms with Gasteiger partial charge in [0.05, 0.1) is 6.61 Å². The maximum atomic E-state index is 6.32. The molecule has 8 heteroatoms. The van der Waals surface area contributed by atoms with E-state index in [1.54, 1.807) is 0 Å². The first-order valence-electron chi connectivity index (χ1n) is 11.1. The fourth-order valence-electron chi connectivity index (χ4n) is 4.60. The molecule has 0 unspecified atom stereocenters. The molecule has 0 radical (unpaired) electrons. The van der Waals surface area contributed by atoms with E-state index in [4.69, 9.17) is 28.4 Å². The van der Waals surface area contributed by atoms with Gasteiger partial charge in [0.15, 0.2) is 17.9 Å². The molecule has 4 saturated heterocycles. The minimum atomic E-state index is -0.657. The van der Waals surface area contributed by atoms with E-state index < -0.39 is 17.9 Å². The van der Waals surface area contributed by atoms with Gasteiger partial charge in [-0.15, -0.1) is 0 Å². The van der Waals surface area contributed by atoms with Crippen LogP contribution in [0, 0.1) is 0 Å². The molecule has 4 heterocycles. The molecule has 8 nitrogen and oxygen atoms in total. The quantitative estimate of drug-likeness (QED) is 0.580. The van der Waals surface area contributed by atoms with Gasteiger partial charge in [-0.3, -0.25) is 0 Å². The topological polar surface area (TPSA) is 61.9 Å². The lowest BCUT2D eigenvalue weighted by Gasteiger charge is -2.32. The minimum Gasteiger partial charge on any atom is -0.372 e. The third-order valence-electron chi connectivity index (χ3n) is 6.20. The van der Waals surface area contributed by atoms with Gasteiger partial charge >= 0.3 is 0 Å². The Bertz CT molecular complexity index is 551. The first-order valence-corrected chi connectivity index (χ1v) is 11.1. The van der Waals surface area contributed by atoms with E-state index in [-0.39, 0.29) is 24.4 Å². The summed E-state index contributed by atoms with van der Waals surface area (Å²) >= 11 is 0. The van der Waals surface area contributed by atoms with Crippen LogP contribution in [0.1, 0.15) is 40.5 Å². The van der Waals surface area contributed by atoms with Crippen molar-refractivity contribution in [3.8, 4) is 0 Å². The van der Waals surface area contributed by atoms with Crippen LogP contribution in [0.5, 0.6) is 0 Å². The van der Waals surface area contributed by atoms with E-state index in [2.05, 4.69) is 16.8 Å². The Labute approximate surface area is 174 Å². The second-order valence-electron chi connectivity index (χ2n) is 9.62. The van der Waals surface area contributed by atoms with Crippen LogP contribution in [-0.4, -0.2) is 105 Å². The highest BCUT2D eigenvalue weighted by Gasteiger charge is 2.58. The molecule has 0 saturated carbocycles. The van der Waals surface area contributed by atoms with E-state index in [1.165, 1.54) is 0 Å². The number of nitrogens with zero attached hydrogens (tertiary/aromatic N) is 2. The molecule has 4 aliphatic rings. The summed E-state index contributed by atoms with van der Waals surface area (Å²) in [5, 5.41) is 0. The van der Waals surface area contributed by atoms with E-state index >= 15 is 0 Å². The van der Waals surface area contributed by atoms with Crippen molar-refractivity contribution < 1.29 is 28.4 Å². The number of hydrogen-bond donors (Lipinski definition) is 0. The molecule has 5 atom stereocenters. The zero-order valence-corrected chi connectivity index (χ0v) is 18.6. The highest BCUT2D eigenvalue weighted by atomic mass is 16.8. The van der Waals surface area contributed by atoms with Gasteiger partial charge < -0.3 is 38.2 Å². The number of hydrogen-bond acceptors (Lipinski definition) is 8. The van der Waals surface area contributed by atoms with E-state index in [1.807, 2.05) is 27.7 Å². The van der Waals surface area contributed by atoms with Gasteiger partial charge in [-0.1, -0.05) is 0 Å². The second kappa shape index (κ2) is 8.67. The summed E-state index contributed by atoms with van der Waals surface area (Å²) in [6, 6.07) is 0. The van der Waals surface area contributed by atoms with Crippen LogP contribution in [0.4, 0.5) is 0 Å². The van der Waals surface area contributed by atoms with Gasteiger partial charge in [-0.2, -0.15) is 0 Å². The Hall–Kier alpha value is -0.320. The molecule has 0 spiro atoms. The summed E-state index contributed by atoms with van der Waals surface area (Å²) in [6.45, 7) is 14.6. The predicted molar refractivity (Wildman–Crippen MR) is 107 cm³/mol. The van der Waals surface area contributed by atoms with Gasteiger partial charge in [0.25, 0.3) is 0 Å². The maximum Gasteiger partial charge on any atom is 0.190 e. The number of likely N-dealkylation sites (N-methyl/N-ethyl adjacent to an activating group) is 1. The van der Waals surface area contributed by atoms with Crippen molar-refractivity contribution in [2.75, 3.05) is 53.0 Å². The Kier molecular flexibility index (Phi) is 6.54. The normalized spacial score (nSPS) is 39.8. The standard InChI is InChI=1S/C21H38N2O6/c1-20(2)25-14-15(27-20)16-17(18-19(26-16)29-21(3,4)28-18)24-13-7-6-8-23-11-9-22(5)10-12-23/h15-19H,6-14H2,1-5H3/t15-,16-,17+,18-,19-/m1/s1. The van der Waals surface area contributed by atoms with Crippen LogP contribution < -0.4 is 0 Å². The number of rotatable bonds is 7. The van der Waals surface area contributed by atoms with Crippen molar-refractivity contribution in [1.29, 1.82) is 0 Å². The van der Waals surface area contributed by atoms with Gasteiger partial charge in [-0.25, -0.2) is 0 Å². The van der Waals surface area contributed by atoms with Crippen molar-refractivity contribution in [1.82, 2.24) is 9.80 Å². The number of ether oxygens (including phenoxy) is 6. The molecular formula is C21H38N2O6. The summed E-state index contributed by atoms with van der Waals surface area (Å²) in [5.74, 6) is -1.25. The average Bonchev–Trinajstić information content (AvgIpc) is 3.26. The van der Waals surface area contributed by atoms with Gasteiger partial charge in [-0.05, 0) is 54.1 Å². The summed E-state index contributed by atoms with van der Waals surface area (Å²) in [5.41, 5.74) is 0. The Morgan fingerprint density at radius 2 is 1.66 bits per heavy atom. The summed E-state index contributed by atoms with van der Waals surface area (Å²) in [6.07, 6.45) is 0.854. The van der Waals surface area contributed by atoms with Crippen molar-refractivity contribution in [3.05, 3.63) is 0 Å². The Morgan fingerprint density at radius 3 is 2.34 bits per heavy atom. The van der Waals surface area contributed by atoms with Crippen LogP contribution in [0.3, 0.4) is 0 Å². The Morgan fingerprint density at radius 1 is 0.897 bits per heavy atom. The van der Waals surface area contributed by atoms with Gasteiger partial charge in [0.1, 0.15) is 24.4 Å². The Balaban J connectivity index is 1.27. The van der Waals surface area contributed by atoms with Crippen molar-refractivity contribution in [3.63, 3.8) is 0 Å². The molecule has 0 aromatic carbocycles. The average molecular weight is 415 g/mol. The molecule has 0 bridgehead atoms. The zero-order valence-electron chi connectivity index (χ0n) is 18.6. The van der Waals surface area contributed by atoms with Crippen LogP contribution in [0.25, 0.3) is 0 Å². The van der Waals surface area contributed by atoms with E-state index in [0.717, 1.165) is 45.6 Å². The third-order valence-corrected chi connectivity index (χ3v) is 6.20. The smallest absolute Gasteiger partial charge is 0.190 e. The molecule has 29 heavy (non-hydrogen) atoms. The lowest BCUT2D eigenvalue weighted by Crippen LogP contribution is -2.45. The fourth-order valence-corrected chi connectivity index (χ4v) is 4.60. The van der Waals surface area contributed by atoms with E-state index in [0.29, 0.717) is 13.2 Å². The second-order valence-corrected chi connectivity index (χ2v) is 9.62. The molecule has 0 aromatic heterocycles. The highest BCUT2D eigenvalue weighted by molar-refractivity contribution is 4.98.